The van der Waals surface area contributed by atoms with Crippen molar-refractivity contribution < 1.29 is 13.0 Å². The first-order chi connectivity index (χ1) is 3.06. The van der Waals surface area contributed by atoms with Crippen LogP contribution in [0, 0.1) is 0 Å². The van der Waals surface area contributed by atoms with E-state index in [1.54, 1.807) is 0 Å². The van der Waals surface area contributed by atoms with Gasteiger partial charge in [-0.15, -0.1) is 0 Å². The van der Waals surface area contributed by atoms with Crippen LogP contribution in [-0.2, 0) is 10.1 Å². The summed E-state index contributed by atoms with van der Waals surface area (Å²) in [5.74, 6) is -0.354. The Balaban J connectivity index is 0. The van der Waals surface area contributed by atoms with Crippen molar-refractivity contribution in [2.45, 2.75) is 0 Å². The van der Waals surface area contributed by atoms with Crippen LogP contribution in [0.4, 0.5) is 0 Å². The highest BCUT2D eigenvalue weighted by molar-refractivity contribution is 7.85. The molecule has 6 heteroatoms. The first kappa shape index (κ1) is 11.1. The zero-order valence-corrected chi connectivity index (χ0v) is 5.98. The summed E-state index contributed by atoms with van der Waals surface area (Å²) in [6, 6.07) is 0. The first-order valence-electron chi connectivity index (χ1n) is 1.71. The maximum atomic E-state index is 9.71. The molecule has 0 saturated carbocycles. The molecule has 0 fully saturated rings. The number of rotatable bonds is 2. The average molecular weight is 159 g/mol. The van der Waals surface area contributed by atoms with E-state index in [0.29, 0.717) is 0 Å². The van der Waals surface area contributed by atoms with Gasteiger partial charge in [0.2, 0.25) is 0 Å². The van der Waals surface area contributed by atoms with Gasteiger partial charge in [-0.2, -0.15) is 21.9 Å². The molecule has 52 valence electrons. The van der Waals surface area contributed by atoms with Crippen LogP contribution in [0.2, 0.25) is 0 Å². The van der Waals surface area contributed by atoms with E-state index in [0.717, 1.165) is 0 Å². The molecule has 0 heterocycles. The van der Waals surface area contributed by atoms with Crippen LogP contribution in [0.25, 0.3) is 0 Å². The minimum atomic E-state index is -3.80. The van der Waals surface area contributed by atoms with Crippen LogP contribution in [-0.4, -0.2) is 25.3 Å². The second kappa shape index (κ2) is 4.13. The summed E-state index contributed by atoms with van der Waals surface area (Å²) in [4.78, 5) is 0. The van der Waals surface area contributed by atoms with E-state index in [4.69, 9.17) is 10.3 Å². The van der Waals surface area contributed by atoms with Gasteiger partial charge in [0.1, 0.15) is 0 Å². The maximum absolute atomic E-state index is 9.71. The van der Waals surface area contributed by atoms with E-state index in [2.05, 4.69) is 0 Å². The van der Waals surface area contributed by atoms with Crippen LogP contribution in [0.1, 0.15) is 0 Å². The summed E-state index contributed by atoms with van der Waals surface area (Å²) in [5, 5.41) is 0. The van der Waals surface area contributed by atoms with Gasteiger partial charge in [-0.3, -0.25) is 4.55 Å². The van der Waals surface area contributed by atoms with Crippen molar-refractivity contribution in [3.8, 4) is 0 Å². The van der Waals surface area contributed by atoms with Crippen LogP contribution in [0.15, 0.2) is 0 Å². The fourth-order valence-electron chi connectivity index (χ4n) is 0.149. The Morgan fingerprint density at radius 1 is 1.50 bits per heavy atom. The van der Waals surface area contributed by atoms with E-state index in [1.165, 1.54) is 0 Å². The molecule has 4 nitrogen and oxygen atoms in total. The van der Waals surface area contributed by atoms with Crippen molar-refractivity contribution in [1.29, 1.82) is 0 Å². The molecule has 0 atom stereocenters. The van der Waals surface area contributed by atoms with E-state index in [-0.39, 0.29) is 25.8 Å². The lowest BCUT2D eigenvalue weighted by Gasteiger charge is -1.86. The molecule has 3 N–H and O–H groups in total. The summed E-state index contributed by atoms with van der Waals surface area (Å²) < 4.78 is 27.3. The molecule has 0 unspecified atom stereocenters. The Labute approximate surface area is 55.3 Å². The molecule has 0 amide bonds. The van der Waals surface area contributed by atoms with Gasteiger partial charge in [-0.25, -0.2) is 0 Å². The molecule has 0 radical (unpaired) electrons. The van der Waals surface area contributed by atoms with Gasteiger partial charge in [0, 0.05) is 6.54 Å². The SMILES string of the molecule is NCCS(=O)(=O)O.S. The van der Waals surface area contributed by atoms with E-state index in [1.807, 2.05) is 0 Å². The summed E-state index contributed by atoms with van der Waals surface area (Å²) >= 11 is 0. The van der Waals surface area contributed by atoms with Gasteiger partial charge in [0.15, 0.2) is 0 Å². The Morgan fingerprint density at radius 3 is 1.88 bits per heavy atom. The molecule has 0 aromatic rings. The standard InChI is InChI=1S/C2H7NO3S.H2S/c3-1-2-7(4,5)6;/h1-3H2,(H,4,5,6);1H2. The van der Waals surface area contributed by atoms with Crippen LogP contribution < -0.4 is 5.73 Å². The fraction of sp³-hybridized carbons (Fsp3) is 1.00. The molecule has 0 aliphatic heterocycles. The largest absolute Gasteiger partial charge is 0.329 e. The van der Waals surface area contributed by atoms with Crippen molar-refractivity contribution in [2.24, 2.45) is 5.73 Å². The highest BCUT2D eigenvalue weighted by Crippen LogP contribution is 1.74. The Bertz CT molecular complexity index is 128. The van der Waals surface area contributed by atoms with Crippen LogP contribution >= 0.6 is 13.5 Å². The number of hydrogen-bond donors (Lipinski definition) is 2. The van der Waals surface area contributed by atoms with Crippen molar-refractivity contribution in [2.75, 3.05) is 12.3 Å². The van der Waals surface area contributed by atoms with Crippen molar-refractivity contribution in [3.63, 3.8) is 0 Å². The Morgan fingerprint density at radius 2 is 1.88 bits per heavy atom. The quantitative estimate of drug-likeness (QED) is 0.504. The Hall–Kier alpha value is 0.220. The number of hydrogen-bond acceptors (Lipinski definition) is 3. The highest BCUT2D eigenvalue weighted by atomic mass is 32.2. The van der Waals surface area contributed by atoms with Crippen molar-refractivity contribution in [3.05, 3.63) is 0 Å². The topological polar surface area (TPSA) is 80.4 Å². The third kappa shape index (κ3) is 9.52. The van der Waals surface area contributed by atoms with Crippen molar-refractivity contribution in [1.82, 2.24) is 0 Å². The van der Waals surface area contributed by atoms with E-state index in [9.17, 15) is 8.42 Å². The van der Waals surface area contributed by atoms with Crippen LogP contribution in [0.5, 0.6) is 0 Å². The van der Waals surface area contributed by atoms with E-state index >= 15 is 0 Å². The minimum Gasteiger partial charge on any atom is -0.329 e. The third-order valence-corrected chi connectivity index (χ3v) is 1.13. The molecule has 0 aromatic heterocycles. The number of nitrogens with two attached hydrogens (primary N) is 1. The molecule has 0 aromatic carbocycles. The van der Waals surface area contributed by atoms with Crippen LogP contribution in [0.3, 0.4) is 0 Å². The van der Waals surface area contributed by atoms with Gasteiger partial charge in [0.25, 0.3) is 10.1 Å². The predicted molar refractivity (Wildman–Crippen MR) is 35.9 cm³/mol. The highest BCUT2D eigenvalue weighted by Gasteiger charge is 1.98. The molecule has 8 heavy (non-hydrogen) atoms. The van der Waals surface area contributed by atoms with Gasteiger partial charge in [-0.1, -0.05) is 0 Å². The zero-order valence-electron chi connectivity index (χ0n) is 4.16. The molecule has 0 aliphatic carbocycles. The molecule has 0 saturated heterocycles. The molecule has 0 spiro atoms. The molecule has 0 rings (SSSR count). The summed E-state index contributed by atoms with van der Waals surface area (Å²) in [7, 11) is -3.80. The van der Waals surface area contributed by atoms with Crippen molar-refractivity contribution >= 4 is 23.6 Å². The lowest BCUT2D eigenvalue weighted by atomic mass is 10.8. The summed E-state index contributed by atoms with van der Waals surface area (Å²) in [5.41, 5.74) is 4.78. The second-order valence-electron chi connectivity index (χ2n) is 1.07. The lowest BCUT2D eigenvalue weighted by Crippen LogP contribution is -2.13. The fourth-order valence-corrected chi connectivity index (χ4v) is 0.447. The summed E-state index contributed by atoms with van der Waals surface area (Å²) in [6.07, 6.45) is 0. The van der Waals surface area contributed by atoms with Gasteiger partial charge < -0.3 is 5.73 Å². The first-order valence-corrected chi connectivity index (χ1v) is 3.32. The summed E-state index contributed by atoms with van der Waals surface area (Å²) in [6.45, 7) is -0.0289. The van der Waals surface area contributed by atoms with E-state index < -0.39 is 10.1 Å². The smallest absolute Gasteiger partial charge is 0.266 e. The second-order valence-corrected chi connectivity index (χ2v) is 2.65. The average Bonchev–Trinajstić information content (AvgIpc) is 1.30. The van der Waals surface area contributed by atoms with Gasteiger partial charge >= 0.3 is 0 Å². The minimum absolute atomic E-state index is 0. The van der Waals surface area contributed by atoms with Gasteiger partial charge in [0.05, 0.1) is 5.75 Å². The molecule has 0 bridgehead atoms. The Kier molecular flexibility index (Phi) is 5.72. The third-order valence-electron chi connectivity index (χ3n) is 0.376. The molecule has 0 aliphatic rings. The lowest BCUT2D eigenvalue weighted by molar-refractivity contribution is 0.483. The normalized spacial score (nSPS) is 10.2. The predicted octanol–water partition coefficient (Wildman–Crippen LogP) is -1.05. The maximum Gasteiger partial charge on any atom is 0.266 e. The van der Waals surface area contributed by atoms with Gasteiger partial charge in [-0.05, 0) is 0 Å². The molecular weight excluding hydrogens is 150 g/mol. The zero-order chi connectivity index (χ0) is 5.91. The molecular formula is C2H9NO3S2. The monoisotopic (exact) mass is 159 g/mol.